The minimum atomic E-state index is -0.375. The van der Waals surface area contributed by atoms with E-state index in [0.717, 1.165) is 0 Å². The van der Waals surface area contributed by atoms with Gasteiger partial charge in [0, 0.05) is 6.20 Å². The van der Waals surface area contributed by atoms with Gasteiger partial charge >= 0.3 is 0 Å². The average Bonchev–Trinajstić information content (AvgIpc) is 2.25. The van der Waals surface area contributed by atoms with Crippen LogP contribution >= 0.6 is 0 Å². The minimum Gasteiger partial charge on any atom is -0.480 e. The zero-order valence-corrected chi connectivity index (χ0v) is 7.93. The number of carbonyl (C=O) groups excluding carboxylic acids is 1. The topological polar surface area (TPSA) is 101 Å². The number of hydrogen-bond acceptors (Lipinski definition) is 5. The predicted molar refractivity (Wildman–Crippen MR) is 52.8 cm³/mol. The van der Waals surface area contributed by atoms with Gasteiger partial charge < -0.3 is 15.8 Å². The van der Waals surface area contributed by atoms with E-state index < -0.39 is 0 Å². The fourth-order valence-electron chi connectivity index (χ4n) is 0.857. The number of hydrogen-bond donors (Lipinski definition) is 2. The van der Waals surface area contributed by atoms with Crippen LogP contribution in [0.4, 0.5) is 5.82 Å². The van der Waals surface area contributed by atoms with Crippen molar-refractivity contribution < 1.29 is 9.53 Å². The second kappa shape index (κ2) is 5.44. The second-order valence-corrected chi connectivity index (χ2v) is 2.61. The van der Waals surface area contributed by atoms with E-state index in [-0.39, 0.29) is 24.9 Å². The van der Waals surface area contributed by atoms with Gasteiger partial charge in [0.15, 0.2) is 18.2 Å². The number of rotatable bonds is 4. The number of nitriles is 1. The van der Waals surface area contributed by atoms with Crippen molar-refractivity contribution in [1.29, 1.82) is 5.26 Å². The van der Waals surface area contributed by atoms with Crippen molar-refractivity contribution in [1.82, 2.24) is 10.3 Å². The van der Waals surface area contributed by atoms with Gasteiger partial charge in [0.2, 0.25) is 0 Å². The van der Waals surface area contributed by atoms with Gasteiger partial charge in [-0.2, -0.15) is 5.26 Å². The first-order valence-electron chi connectivity index (χ1n) is 4.21. The van der Waals surface area contributed by atoms with Gasteiger partial charge in [0.05, 0.1) is 6.07 Å². The van der Waals surface area contributed by atoms with Gasteiger partial charge in [-0.3, -0.25) is 4.79 Å². The molecule has 0 aromatic carbocycles. The molecule has 1 amide bonds. The predicted octanol–water partition coefficient (Wildman–Crippen LogP) is -0.318. The molecule has 1 aromatic rings. The number of anilines is 1. The molecule has 1 heterocycles. The minimum absolute atomic E-state index is 0.0370. The summed E-state index contributed by atoms with van der Waals surface area (Å²) in [6.45, 7) is -0.220. The van der Waals surface area contributed by atoms with Gasteiger partial charge in [-0.05, 0) is 12.1 Å². The number of aromatic nitrogens is 1. The van der Waals surface area contributed by atoms with Crippen LogP contribution in [-0.4, -0.2) is 24.0 Å². The number of nitrogens with zero attached hydrogens (tertiary/aromatic N) is 2. The highest BCUT2D eigenvalue weighted by Crippen LogP contribution is 2.16. The Bertz CT molecular complexity index is 386. The van der Waals surface area contributed by atoms with E-state index in [4.69, 9.17) is 15.7 Å². The van der Waals surface area contributed by atoms with E-state index in [9.17, 15) is 4.79 Å². The molecule has 78 valence electrons. The van der Waals surface area contributed by atoms with Gasteiger partial charge in [-0.25, -0.2) is 4.98 Å². The summed E-state index contributed by atoms with van der Waals surface area (Å²) in [4.78, 5) is 14.8. The molecule has 0 saturated heterocycles. The van der Waals surface area contributed by atoms with E-state index >= 15 is 0 Å². The third-order valence-electron chi connectivity index (χ3n) is 1.52. The number of carbonyl (C=O) groups is 1. The summed E-state index contributed by atoms with van der Waals surface area (Å²) in [7, 11) is 0. The van der Waals surface area contributed by atoms with Crippen molar-refractivity contribution in [3.8, 4) is 11.8 Å². The lowest BCUT2D eigenvalue weighted by Gasteiger charge is -2.06. The molecule has 0 aliphatic rings. The van der Waals surface area contributed by atoms with E-state index in [1.54, 1.807) is 18.2 Å². The zero-order chi connectivity index (χ0) is 11.1. The number of ether oxygens (including phenoxy) is 1. The van der Waals surface area contributed by atoms with Crippen molar-refractivity contribution in [2.45, 2.75) is 0 Å². The number of pyridine rings is 1. The standard InChI is InChI=1S/C9H10N4O2/c10-3-5-12-8(14)6-15-7-2-1-4-13-9(7)11/h1-2,4H,5-6H2,(H2,11,13)(H,12,14). The molecule has 0 unspecified atom stereocenters. The van der Waals surface area contributed by atoms with Gasteiger partial charge in [0.25, 0.3) is 5.91 Å². The zero-order valence-electron chi connectivity index (χ0n) is 7.93. The average molecular weight is 206 g/mol. The third kappa shape index (κ3) is 3.52. The maximum atomic E-state index is 11.0. The lowest BCUT2D eigenvalue weighted by atomic mass is 10.4. The summed E-state index contributed by atoms with van der Waals surface area (Å²) >= 11 is 0. The highest BCUT2D eigenvalue weighted by Gasteiger charge is 2.04. The Morgan fingerprint density at radius 3 is 3.20 bits per heavy atom. The quantitative estimate of drug-likeness (QED) is 0.657. The van der Waals surface area contributed by atoms with Crippen LogP contribution in [0.1, 0.15) is 0 Å². The maximum absolute atomic E-state index is 11.0. The van der Waals surface area contributed by atoms with Crippen LogP contribution in [0.3, 0.4) is 0 Å². The van der Waals surface area contributed by atoms with Crippen molar-refractivity contribution in [3.05, 3.63) is 18.3 Å². The molecular weight excluding hydrogens is 196 g/mol. The summed E-state index contributed by atoms with van der Waals surface area (Å²) in [5.74, 6) is 0.204. The largest absolute Gasteiger partial charge is 0.480 e. The maximum Gasteiger partial charge on any atom is 0.258 e. The number of nitrogen functional groups attached to an aromatic ring is 1. The third-order valence-corrected chi connectivity index (χ3v) is 1.52. The van der Waals surface area contributed by atoms with Crippen LogP contribution < -0.4 is 15.8 Å². The van der Waals surface area contributed by atoms with Gasteiger partial charge in [0.1, 0.15) is 6.54 Å². The highest BCUT2D eigenvalue weighted by molar-refractivity contribution is 5.77. The first-order chi connectivity index (χ1) is 7.24. The lowest BCUT2D eigenvalue weighted by molar-refractivity contribution is -0.122. The molecule has 0 aliphatic carbocycles. The Hall–Kier alpha value is -2.29. The molecule has 6 nitrogen and oxygen atoms in total. The Kier molecular flexibility index (Phi) is 3.91. The molecule has 0 atom stereocenters. The molecule has 15 heavy (non-hydrogen) atoms. The summed E-state index contributed by atoms with van der Waals surface area (Å²) in [5.41, 5.74) is 5.49. The number of amides is 1. The number of nitrogens with one attached hydrogen (secondary N) is 1. The van der Waals surface area contributed by atoms with Crippen molar-refractivity contribution in [2.24, 2.45) is 0 Å². The smallest absolute Gasteiger partial charge is 0.258 e. The monoisotopic (exact) mass is 206 g/mol. The Morgan fingerprint density at radius 1 is 1.73 bits per heavy atom. The molecule has 0 fully saturated rings. The first-order valence-corrected chi connectivity index (χ1v) is 4.21. The molecular formula is C9H10N4O2. The molecule has 6 heteroatoms. The Labute approximate surface area is 86.7 Å². The normalized spacial score (nSPS) is 9.00. The Balaban J connectivity index is 2.41. The molecule has 0 saturated carbocycles. The van der Waals surface area contributed by atoms with Crippen LogP contribution in [0.5, 0.6) is 5.75 Å². The van der Waals surface area contributed by atoms with Crippen molar-refractivity contribution >= 4 is 11.7 Å². The van der Waals surface area contributed by atoms with Crippen LogP contribution in [-0.2, 0) is 4.79 Å². The van der Waals surface area contributed by atoms with Crippen LogP contribution in [0.25, 0.3) is 0 Å². The molecule has 3 N–H and O–H groups in total. The molecule has 0 spiro atoms. The summed E-state index contributed by atoms with van der Waals surface area (Å²) in [6.07, 6.45) is 1.53. The van der Waals surface area contributed by atoms with Gasteiger partial charge in [-0.1, -0.05) is 0 Å². The van der Waals surface area contributed by atoms with Crippen LogP contribution in [0.2, 0.25) is 0 Å². The van der Waals surface area contributed by atoms with Gasteiger partial charge in [-0.15, -0.1) is 0 Å². The van der Waals surface area contributed by atoms with Crippen LogP contribution in [0.15, 0.2) is 18.3 Å². The van der Waals surface area contributed by atoms with Crippen molar-refractivity contribution in [2.75, 3.05) is 18.9 Å². The molecule has 1 rings (SSSR count). The van der Waals surface area contributed by atoms with E-state index in [1.807, 2.05) is 0 Å². The fraction of sp³-hybridized carbons (Fsp3) is 0.222. The van der Waals surface area contributed by atoms with E-state index in [1.165, 1.54) is 6.20 Å². The lowest BCUT2D eigenvalue weighted by Crippen LogP contribution is -2.29. The summed E-state index contributed by atoms with van der Waals surface area (Å²) in [6, 6.07) is 5.05. The molecule has 0 bridgehead atoms. The number of nitrogens with two attached hydrogens (primary N) is 1. The van der Waals surface area contributed by atoms with E-state index in [2.05, 4.69) is 10.3 Å². The first kappa shape index (κ1) is 10.8. The molecule has 1 aromatic heterocycles. The fourth-order valence-corrected chi connectivity index (χ4v) is 0.857. The molecule has 0 aliphatic heterocycles. The second-order valence-electron chi connectivity index (χ2n) is 2.61. The summed E-state index contributed by atoms with van der Waals surface area (Å²) < 4.78 is 5.09. The Morgan fingerprint density at radius 2 is 2.53 bits per heavy atom. The molecule has 0 radical (unpaired) electrons. The summed E-state index contributed by atoms with van der Waals surface area (Å²) in [5, 5.41) is 10.5. The van der Waals surface area contributed by atoms with Crippen molar-refractivity contribution in [3.63, 3.8) is 0 Å². The van der Waals surface area contributed by atoms with E-state index in [0.29, 0.717) is 5.75 Å². The highest BCUT2D eigenvalue weighted by atomic mass is 16.5. The van der Waals surface area contributed by atoms with Crippen LogP contribution in [0, 0.1) is 11.3 Å². The SMILES string of the molecule is N#CCNC(=O)COc1cccnc1N.